The van der Waals surface area contributed by atoms with Gasteiger partial charge in [-0.1, -0.05) is 43.2 Å². The van der Waals surface area contributed by atoms with Gasteiger partial charge in [-0.15, -0.1) is 0 Å². The quantitative estimate of drug-likeness (QED) is 0.515. The fraction of sp³-hybridized carbons (Fsp3) is 0.483. The number of piperidine rings is 1. The Balaban J connectivity index is 1.14. The molecule has 2 aromatic carbocycles. The fourth-order valence-corrected chi connectivity index (χ4v) is 6.33. The predicted molar refractivity (Wildman–Crippen MR) is 135 cm³/mol. The lowest BCUT2D eigenvalue weighted by atomic mass is 9.88. The SMILES string of the molecule is O=C1CCC(N2Cc3cc(O[C@@H]4CCCCC[C@H]4N4CC(c5ccccc5)C4)ccc3C2=O)C(=O)N1. The molecule has 3 heterocycles. The second-order valence-electron chi connectivity index (χ2n) is 10.6. The average Bonchev–Trinajstić information content (AvgIpc) is 3.00. The maximum absolute atomic E-state index is 13.0. The minimum absolute atomic E-state index is 0.130. The summed E-state index contributed by atoms with van der Waals surface area (Å²) in [5.41, 5.74) is 2.93. The molecule has 0 bridgehead atoms. The molecule has 2 saturated heterocycles. The first-order valence-corrected chi connectivity index (χ1v) is 13.3. The Labute approximate surface area is 211 Å². The van der Waals surface area contributed by atoms with Crippen LogP contribution >= 0.6 is 0 Å². The van der Waals surface area contributed by atoms with Crippen molar-refractivity contribution in [1.82, 2.24) is 15.1 Å². The molecule has 1 unspecified atom stereocenters. The summed E-state index contributed by atoms with van der Waals surface area (Å²) in [4.78, 5) is 41.1. The van der Waals surface area contributed by atoms with Crippen molar-refractivity contribution in [3.05, 3.63) is 65.2 Å². The van der Waals surface area contributed by atoms with Crippen molar-refractivity contribution in [2.45, 2.75) is 75.6 Å². The molecular formula is C29H33N3O4. The normalized spacial score (nSPS) is 27.3. The largest absolute Gasteiger partial charge is 0.489 e. The zero-order chi connectivity index (χ0) is 24.6. The maximum Gasteiger partial charge on any atom is 0.255 e. The summed E-state index contributed by atoms with van der Waals surface area (Å²) in [7, 11) is 0. The summed E-state index contributed by atoms with van der Waals surface area (Å²) < 4.78 is 6.63. The molecule has 1 saturated carbocycles. The monoisotopic (exact) mass is 487 g/mol. The number of nitrogens with zero attached hydrogens (tertiary/aromatic N) is 2. The van der Waals surface area contributed by atoms with Crippen LogP contribution in [0.25, 0.3) is 0 Å². The number of ether oxygens (including phenoxy) is 1. The van der Waals surface area contributed by atoms with Gasteiger partial charge in [-0.05, 0) is 55.0 Å². The minimum Gasteiger partial charge on any atom is -0.489 e. The van der Waals surface area contributed by atoms with E-state index in [-0.39, 0.29) is 30.2 Å². The number of nitrogens with one attached hydrogen (secondary N) is 1. The standard InChI is InChI=1S/C29H33N3O4/c33-27-14-13-25(28(34)30-27)32-18-20-15-22(11-12-23(20)29(32)35)36-26-10-6-2-5-9-24(26)31-16-21(17-31)19-7-3-1-4-8-19/h1,3-4,7-8,11-12,15,21,24-26H,2,5-6,9-10,13-14,16-18H2,(H,30,33,34)/t24-,25?,26-/m1/s1. The van der Waals surface area contributed by atoms with Crippen LogP contribution < -0.4 is 10.1 Å². The number of hydrogen-bond donors (Lipinski definition) is 1. The molecule has 3 atom stereocenters. The van der Waals surface area contributed by atoms with Crippen LogP contribution in [0, 0.1) is 0 Å². The number of amides is 3. The van der Waals surface area contributed by atoms with Crippen LogP contribution in [0.1, 0.15) is 72.3 Å². The van der Waals surface area contributed by atoms with Gasteiger partial charge in [0.15, 0.2) is 0 Å². The maximum atomic E-state index is 13.0. The molecule has 1 aliphatic carbocycles. The van der Waals surface area contributed by atoms with Gasteiger partial charge in [-0.25, -0.2) is 0 Å². The van der Waals surface area contributed by atoms with Gasteiger partial charge in [0, 0.05) is 43.6 Å². The highest BCUT2D eigenvalue weighted by Gasteiger charge is 2.40. The third kappa shape index (κ3) is 4.41. The molecule has 3 amide bonds. The van der Waals surface area contributed by atoms with Crippen LogP contribution in [0.15, 0.2) is 48.5 Å². The average molecular weight is 488 g/mol. The summed E-state index contributed by atoms with van der Waals surface area (Å²) in [6.07, 6.45) is 6.60. The second-order valence-corrected chi connectivity index (χ2v) is 10.6. The van der Waals surface area contributed by atoms with Crippen LogP contribution in [0.5, 0.6) is 5.75 Å². The summed E-state index contributed by atoms with van der Waals surface area (Å²) in [5.74, 6) is 0.592. The predicted octanol–water partition coefficient (Wildman–Crippen LogP) is 3.63. The van der Waals surface area contributed by atoms with E-state index in [1.54, 1.807) is 4.90 Å². The van der Waals surface area contributed by atoms with Gasteiger partial charge in [0.25, 0.3) is 5.91 Å². The van der Waals surface area contributed by atoms with Gasteiger partial charge in [0.2, 0.25) is 11.8 Å². The van der Waals surface area contributed by atoms with E-state index in [9.17, 15) is 14.4 Å². The molecule has 2 aromatic rings. The third-order valence-corrected chi connectivity index (χ3v) is 8.35. The highest BCUT2D eigenvalue weighted by atomic mass is 16.5. The van der Waals surface area contributed by atoms with Crippen molar-refractivity contribution in [3.8, 4) is 5.75 Å². The van der Waals surface area contributed by atoms with Crippen molar-refractivity contribution in [2.75, 3.05) is 13.1 Å². The minimum atomic E-state index is -0.595. The Bertz CT molecular complexity index is 1160. The van der Waals surface area contributed by atoms with Gasteiger partial charge in [0.05, 0.1) is 0 Å². The molecular weight excluding hydrogens is 454 g/mol. The summed E-state index contributed by atoms with van der Waals surface area (Å²) in [5, 5.41) is 2.36. The van der Waals surface area contributed by atoms with Crippen LogP contribution in [-0.2, 0) is 16.1 Å². The number of hydrogen-bond acceptors (Lipinski definition) is 5. The highest BCUT2D eigenvalue weighted by molar-refractivity contribution is 6.05. The molecule has 0 aromatic heterocycles. The molecule has 7 nitrogen and oxygen atoms in total. The Hall–Kier alpha value is -3.19. The van der Waals surface area contributed by atoms with Gasteiger partial charge in [0.1, 0.15) is 17.9 Å². The third-order valence-electron chi connectivity index (χ3n) is 8.35. The first kappa shape index (κ1) is 23.2. The Morgan fingerprint density at radius 1 is 0.889 bits per heavy atom. The van der Waals surface area contributed by atoms with E-state index in [1.165, 1.54) is 24.8 Å². The molecule has 7 heteroatoms. The van der Waals surface area contributed by atoms with E-state index in [0.717, 1.165) is 37.2 Å². The van der Waals surface area contributed by atoms with Gasteiger partial charge in [-0.2, -0.15) is 0 Å². The van der Waals surface area contributed by atoms with Crippen molar-refractivity contribution in [2.24, 2.45) is 0 Å². The Kier molecular flexibility index (Phi) is 6.25. The summed E-state index contributed by atoms with van der Waals surface area (Å²) in [6, 6.07) is 16.3. The first-order valence-electron chi connectivity index (χ1n) is 13.3. The Morgan fingerprint density at radius 3 is 2.50 bits per heavy atom. The number of benzene rings is 2. The number of imide groups is 1. The van der Waals surface area contributed by atoms with Crippen LogP contribution in [0.3, 0.4) is 0 Å². The van der Waals surface area contributed by atoms with Crippen LogP contribution in [-0.4, -0.2) is 58.8 Å². The topological polar surface area (TPSA) is 79.0 Å². The molecule has 188 valence electrons. The molecule has 0 spiro atoms. The molecule has 3 fully saturated rings. The molecule has 0 radical (unpaired) electrons. The number of fused-ring (bicyclic) bond motifs is 1. The van der Waals surface area contributed by atoms with Gasteiger partial charge in [-0.3, -0.25) is 24.6 Å². The van der Waals surface area contributed by atoms with Crippen molar-refractivity contribution >= 4 is 17.7 Å². The van der Waals surface area contributed by atoms with E-state index >= 15 is 0 Å². The molecule has 36 heavy (non-hydrogen) atoms. The van der Waals surface area contributed by atoms with E-state index in [4.69, 9.17) is 4.74 Å². The van der Waals surface area contributed by atoms with Crippen molar-refractivity contribution in [1.29, 1.82) is 0 Å². The molecule has 4 aliphatic rings. The van der Waals surface area contributed by atoms with Crippen molar-refractivity contribution < 1.29 is 19.1 Å². The zero-order valence-corrected chi connectivity index (χ0v) is 20.5. The van der Waals surface area contributed by atoms with E-state index in [2.05, 4.69) is 40.5 Å². The molecule has 6 rings (SSSR count). The van der Waals surface area contributed by atoms with E-state index in [1.807, 2.05) is 18.2 Å². The molecule has 3 aliphatic heterocycles. The first-order chi connectivity index (χ1) is 17.6. The summed E-state index contributed by atoms with van der Waals surface area (Å²) >= 11 is 0. The number of likely N-dealkylation sites (tertiary alicyclic amines) is 1. The van der Waals surface area contributed by atoms with Gasteiger partial charge >= 0.3 is 0 Å². The highest BCUT2D eigenvalue weighted by Crippen LogP contribution is 2.36. The lowest BCUT2D eigenvalue weighted by Gasteiger charge is -2.46. The van der Waals surface area contributed by atoms with Crippen molar-refractivity contribution in [3.63, 3.8) is 0 Å². The molecule has 1 N–H and O–H groups in total. The van der Waals surface area contributed by atoms with Crippen LogP contribution in [0.4, 0.5) is 0 Å². The van der Waals surface area contributed by atoms with Crippen LogP contribution in [0.2, 0.25) is 0 Å². The second kappa shape index (κ2) is 9.69. The lowest BCUT2D eigenvalue weighted by molar-refractivity contribution is -0.136. The fourth-order valence-electron chi connectivity index (χ4n) is 6.33. The number of carbonyl (C=O) groups is 3. The zero-order valence-electron chi connectivity index (χ0n) is 20.5. The lowest BCUT2D eigenvalue weighted by Crippen LogP contribution is -2.55. The summed E-state index contributed by atoms with van der Waals surface area (Å²) in [6.45, 7) is 2.53. The van der Waals surface area contributed by atoms with E-state index in [0.29, 0.717) is 30.5 Å². The number of rotatable bonds is 5. The van der Waals surface area contributed by atoms with Gasteiger partial charge < -0.3 is 9.64 Å². The van der Waals surface area contributed by atoms with E-state index < -0.39 is 6.04 Å². The number of carbonyl (C=O) groups excluding carboxylic acids is 3. The smallest absolute Gasteiger partial charge is 0.255 e. The Morgan fingerprint density at radius 2 is 1.69 bits per heavy atom.